The summed E-state index contributed by atoms with van der Waals surface area (Å²) in [7, 11) is 0. The van der Waals surface area contributed by atoms with Gasteiger partial charge in [-0.25, -0.2) is 0 Å². The molecule has 0 spiro atoms. The minimum atomic E-state index is -0.119. The monoisotopic (exact) mass is 205 g/mol. The van der Waals surface area contributed by atoms with Gasteiger partial charge in [0.2, 0.25) is 6.20 Å². The molecule has 0 amide bonds. The number of rotatable bonds is 1. The highest BCUT2D eigenvalue weighted by molar-refractivity contribution is 5.83. The second-order valence-electron chi connectivity index (χ2n) is 3.82. The van der Waals surface area contributed by atoms with E-state index < -0.39 is 0 Å². The second-order valence-corrected chi connectivity index (χ2v) is 3.82. The van der Waals surface area contributed by atoms with Gasteiger partial charge in [0.05, 0.1) is 5.39 Å². The fourth-order valence-electron chi connectivity index (χ4n) is 1.42. The van der Waals surface area contributed by atoms with E-state index in [1.165, 1.54) is 12.1 Å². The molecule has 4 nitrogen and oxygen atoms in total. The molecule has 0 fully saturated rings. The zero-order valence-corrected chi connectivity index (χ0v) is 8.68. The van der Waals surface area contributed by atoms with Crippen LogP contribution in [0.3, 0.4) is 0 Å². The maximum atomic E-state index is 9.37. The number of fused-ring (bicyclic) bond motifs is 1. The molecule has 0 unspecified atom stereocenters. The van der Waals surface area contributed by atoms with Crippen molar-refractivity contribution < 1.29 is 14.9 Å². The van der Waals surface area contributed by atoms with E-state index in [4.69, 9.17) is 0 Å². The molecule has 0 saturated carbocycles. The predicted octanol–water partition coefficient (Wildman–Crippen LogP) is 1.51. The van der Waals surface area contributed by atoms with Crippen LogP contribution < -0.4 is 4.68 Å². The average molecular weight is 205 g/mol. The van der Waals surface area contributed by atoms with Gasteiger partial charge in [-0.3, -0.25) is 0 Å². The van der Waals surface area contributed by atoms with Gasteiger partial charge < -0.3 is 10.2 Å². The predicted molar refractivity (Wildman–Crippen MR) is 55.7 cm³/mol. The van der Waals surface area contributed by atoms with Crippen LogP contribution in [-0.2, 0) is 0 Å². The molecule has 1 heterocycles. The number of aromatic nitrogens is 2. The molecule has 2 rings (SSSR count). The standard InChI is InChI=1S/C11H12N2O2/c1-7(2)13-6-9-4-11(15)10(14)3-8(9)5-12-13/h3-7,15H,1-2H3/p+1. The Labute approximate surface area is 87.4 Å². The third kappa shape index (κ3) is 1.70. The molecule has 2 aromatic rings. The molecule has 0 radical (unpaired) electrons. The van der Waals surface area contributed by atoms with Crippen molar-refractivity contribution in [2.45, 2.75) is 19.9 Å². The van der Waals surface area contributed by atoms with Crippen molar-refractivity contribution in [3.8, 4) is 11.5 Å². The highest BCUT2D eigenvalue weighted by atomic mass is 16.3. The van der Waals surface area contributed by atoms with Crippen molar-refractivity contribution in [1.29, 1.82) is 0 Å². The van der Waals surface area contributed by atoms with E-state index in [9.17, 15) is 10.2 Å². The molecule has 0 atom stereocenters. The molecule has 78 valence electrons. The minimum absolute atomic E-state index is 0.107. The summed E-state index contributed by atoms with van der Waals surface area (Å²) < 4.78 is 1.80. The summed E-state index contributed by atoms with van der Waals surface area (Å²) in [5, 5.41) is 24.5. The van der Waals surface area contributed by atoms with E-state index in [1.807, 2.05) is 20.0 Å². The van der Waals surface area contributed by atoms with Gasteiger partial charge in [0.25, 0.3) is 0 Å². The van der Waals surface area contributed by atoms with Crippen LogP contribution >= 0.6 is 0 Å². The van der Waals surface area contributed by atoms with Crippen molar-refractivity contribution >= 4 is 10.8 Å². The van der Waals surface area contributed by atoms with Crippen molar-refractivity contribution in [3.05, 3.63) is 24.5 Å². The van der Waals surface area contributed by atoms with E-state index in [0.717, 1.165) is 10.8 Å². The summed E-state index contributed by atoms with van der Waals surface area (Å²) in [6, 6.07) is 3.30. The number of nitrogens with zero attached hydrogens (tertiary/aromatic N) is 2. The Morgan fingerprint density at radius 3 is 2.33 bits per heavy atom. The topological polar surface area (TPSA) is 57.2 Å². The van der Waals surface area contributed by atoms with Crippen molar-refractivity contribution in [2.75, 3.05) is 0 Å². The van der Waals surface area contributed by atoms with Gasteiger partial charge in [0.1, 0.15) is 6.20 Å². The number of hydrogen-bond acceptors (Lipinski definition) is 3. The summed E-state index contributed by atoms with van der Waals surface area (Å²) in [5.74, 6) is -0.226. The molecule has 0 bridgehead atoms. The highest BCUT2D eigenvalue weighted by Crippen LogP contribution is 2.28. The average Bonchev–Trinajstić information content (AvgIpc) is 2.19. The zero-order valence-electron chi connectivity index (χ0n) is 8.68. The van der Waals surface area contributed by atoms with E-state index in [2.05, 4.69) is 5.10 Å². The first-order valence-corrected chi connectivity index (χ1v) is 4.81. The van der Waals surface area contributed by atoms with Crippen LogP contribution in [-0.4, -0.2) is 15.3 Å². The van der Waals surface area contributed by atoms with E-state index in [0.29, 0.717) is 0 Å². The Morgan fingerprint density at radius 1 is 1.13 bits per heavy atom. The van der Waals surface area contributed by atoms with Crippen molar-refractivity contribution in [3.63, 3.8) is 0 Å². The van der Waals surface area contributed by atoms with Gasteiger partial charge in [-0.05, 0) is 31.1 Å². The summed E-state index contributed by atoms with van der Waals surface area (Å²) >= 11 is 0. The molecule has 0 aliphatic rings. The third-order valence-corrected chi connectivity index (χ3v) is 2.31. The van der Waals surface area contributed by atoms with Gasteiger partial charge in [0, 0.05) is 5.39 Å². The molecular weight excluding hydrogens is 192 g/mol. The first kappa shape index (κ1) is 9.71. The van der Waals surface area contributed by atoms with Crippen LogP contribution in [0.5, 0.6) is 11.5 Å². The largest absolute Gasteiger partial charge is 0.504 e. The van der Waals surface area contributed by atoms with Crippen molar-refractivity contribution in [1.82, 2.24) is 5.10 Å². The number of hydrogen-bond donors (Lipinski definition) is 2. The maximum Gasteiger partial charge on any atom is 0.204 e. The third-order valence-electron chi connectivity index (χ3n) is 2.31. The Kier molecular flexibility index (Phi) is 2.19. The van der Waals surface area contributed by atoms with E-state index in [-0.39, 0.29) is 17.5 Å². The zero-order chi connectivity index (χ0) is 11.0. The second kappa shape index (κ2) is 3.38. The van der Waals surface area contributed by atoms with Crippen LogP contribution in [0.2, 0.25) is 0 Å². The first-order valence-electron chi connectivity index (χ1n) is 4.81. The summed E-state index contributed by atoms with van der Waals surface area (Å²) in [6.07, 6.45) is 3.52. The molecule has 15 heavy (non-hydrogen) atoms. The first-order chi connectivity index (χ1) is 7.08. The maximum absolute atomic E-state index is 9.37. The number of benzene rings is 1. The van der Waals surface area contributed by atoms with Crippen LogP contribution in [0.15, 0.2) is 24.5 Å². The fraction of sp³-hybridized carbons (Fsp3) is 0.273. The fourth-order valence-corrected chi connectivity index (χ4v) is 1.42. The number of phenolic OH excluding ortho intramolecular Hbond substituents is 2. The number of aromatic hydroxyl groups is 2. The van der Waals surface area contributed by atoms with Gasteiger partial charge in [0.15, 0.2) is 17.5 Å². The number of phenols is 2. The van der Waals surface area contributed by atoms with Crippen LogP contribution in [0, 0.1) is 0 Å². The summed E-state index contributed by atoms with van der Waals surface area (Å²) in [6.45, 7) is 4.05. The van der Waals surface area contributed by atoms with Gasteiger partial charge in [-0.1, -0.05) is 4.68 Å². The molecule has 2 N–H and O–H groups in total. The lowest BCUT2D eigenvalue weighted by molar-refractivity contribution is -0.770. The Hall–Kier alpha value is -1.84. The normalized spacial score (nSPS) is 11.1. The van der Waals surface area contributed by atoms with Gasteiger partial charge in [-0.15, -0.1) is 0 Å². The van der Waals surface area contributed by atoms with Crippen LogP contribution in [0.4, 0.5) is 0 Å². The molecule has 0 aliphatic heterocycles. The lowest BCUT2D eigenvalue weighted by Gasteiger charge is -2.01. The highest BCUT2D eigenvalue weighted by Gasteiger charge is 2.11. The smallest absolute Gasteiger partial charge is 0.204 e. The SMILES string of the molecule is CC(C)[n+]1cc2cc(O)c(O)cc2cn1. The quantitative estimate of drug-likeness (QED) is 0.548. The van der Waals surface area contributed by atoms with Gasteiger partial charge in [-0.2, -0.15) is 0 Å². The Bertz CT molecular complexity index is 509. The molecule has 1 aromatic carbocycles. The molecule has 4 heteroatoms. The van der Waals surface area contributed by atoms with E-state index >= 15 is 0 Å². The minimum Gasteiger partial charge on any atom is -0.504 e. The van der Waals surface area contributed by atoms with Crippen molar-refractivity contribution in [2.24, 2.45) is 0 Å². The lowest BCUT2D eigenvalue weighted by atomic mass is 10.2. The molecule has 0 saturated heterocycles. The molecule has 0 aliphatic carbocycles. The van der Waals surface area contributed by atoms with E-state index in [1.54, 1.807) is 10.9 Å². The summed E-state index contributed by atoms with van der Waals surface area (Å²) in [5.41, 5.74) is 0. The Balaban J connectivity index is 2.66. The Morgan fingerprint density at radius 2 is 1.73 bits per heavy atom. The molecular formula is C11H13N2O2+. The van der Waals surface area contributed by atoms with Gasteiger partial charge >= 0.3 is 0 Å². The summed E-state index contributed by atoms with van der Waals surface area (Å²) in [4.78, 5) is 0. The van der Waals surface area contributed by atoms with Crippen LogP contribution in [0.25, 0.3) is 10.8 Å². The molecule has 1 aromatic heterocycles. The van der Waals surface area contributed by atoms with Crippen LogP contribution in [0.1, 0.15) is 19.9 Å². The lowest BCUT2D eigenvalue weighted by Crippen LogP contribution is -2.39.